The number of ether oxygens (including phenoxy) is 1. The van der Waals surface area contributed by atoms with Crippen molar-refractivity contribution in [1.29, 1.82) is 5.26 Å². The fourth-order valence-electron chi connectivity index (χ4n) is 1.92. The summed E-state index contributed by atoms with van der Waals surface area (Å²) < 4.78 is 7.38. The van der Waals surface area contributed by atoms with Crippen LogP contribution in [0.4, 0.5) is 0 Å². The lowest BCUT2D eigenvalue weighted by Gasteiger charge is -2.05. The lowest BCUT2D eigenvalue weighted by molar-refractivity contribution is 0.344. The molecule has 0 bridgehead atoms. The molecule has 3 aromatic rings. The number of hydrogen-bond acceptors (Lipinski definition) is 5. The highest BCUT2D eigenvalue weighted by atomic mass is 35.5. The Morgan fingerprint density at radius 2 is 2.00 bits per heavy atom. The van der Waals surface area contributed by atoms with Crippen LogP contribution in [0.15, 0.2) is 41.7 Å². The summed E-state index contributed by atoms with van der Waals surface area (Å²) in [6.45, 7) is 0.500. The standard InChI is InChI=1S/C15H10Cl2N4OS/c16-11-7-13(17)14-19-20-15(21(14)9-11)23-6-5-22-12-3-1-10(8-18)2-4-12/h1-4,7,9H,5-6H2. The zero-order valence-corrected chi connectivity index (χ0v) is 14.1. The Kier molecular flexibility index (Phi) is 4.91. The molecule has 0 spiro atoms. The van der Waals surface area contributed by atoms with Crippen molar-refractivity contribution in [1.82, 2.24) is 14.6 Å². The second-order valence-electron chi connectivity index (χ2n) is 4.52. The first-order valence-electron chi connectivity index (χ1n) is 6.63. The average molecular weight is 365 g/mol. The summed E-state index contributed by atoms with van der Waals surface area (Å²) in [6.07, 6.45) is 1.73. The molecule has 23 heavy (non-hydrogen) atoms. The van der Waals surface area contributed by atoms with E-state index in [1.807, 2.05) is 0 Å². The molecule has 0 N–H and O–H groups in total. The predicted octanol–water partition coefficient (Wildman–Crippen LogP) is 4.08. The molecule has 3 rings (SSSR count). The molecule has 2 heterocycles. The summed E-state index contributed by atoms with van der Waals surface area (Å²) in [5, 5.41) is 18.6. The molecule has 0 unspecified atom stereocenters. The number of aromatic nitrogens is 3. The number of nitrogens with zero attached hydrogens (tertiary/aromatic N) is 4. The van der Waals surface area contributed by atoms with Gasteiger partial charge in [0.1, 0.15) is 5.75 Å². The third-order valence-electron chi connectivity index (χ3n) is 2.96. The molecule has 0 radical (unpaired) electrons. The number of pyridine rings is 1. The van der Waals surface area contributed by atoms with Gasteiger partial charge in [0, 0.05) is 11.9 Å². The first-order valence-corrected chi connectivity index (χ1v) is 8.37. The third-order valence-corrected chi connectivity index (χ3v) is 4.35. The highest BCUT2D eigenvalue weighted by molar-refractivity contribution is 7.99. The normalized spacial score (nSPS) is 10.7. The first kappa shape index (κ1) is 15.9. The van der Waals surface area contributed by atoms with E-state index in [0.717, 1.165) is 5.75 Å². The SMILES string of the molecule is N#Cc1ccc(OCCSc2nnc3c(Cl)cc(Cl)cn23)cc1. The van der Waals surface area contributed by atoms with Crippen molar-refractivity contribution in [3.05, 3.63) is 52.1 Å². The van der Waals surface area contributed by atoms with Gasteiger partial charge in [0.25, 0.3) is 0 Å². The van der Waals surface area contributed by atoms with Gasteiger partial charge in [0.2, 0.25) is 0 Å². The topological polar surface area (TPSA) is 63.2 Å². The maximum atomic E-state index is 8.75. The molecule has 0 saturated heterocycles. The molecule has 1 aromatic carbocycles. The van der Waals surface area contributed by atoms with E-state index in [1.165, 1.54) is 11.8 Å². The van der Waals surface area contributed by atoms with E-state index in [-0.39, 0.29) is 0 Å². The Bertz CT molecular complexity index is 874. The van der Waals surface area contributed by atoms with Crippen molar-refractivity contribution in [3.8, 4) is 11.8 Å². The van der Waals surface area contributed by atoms with Gasteiger partial charge in [0.05, 0.1) is 28.3 Å². The quantitative estimate of drug-likeness (QED) is 0.504. The van der Waals surface area contributed by atoms with Crippen molar-refractivity contribution in [2.45, 2.75) is 5.16 Å². The molecule has 0 atom stereocenters. The fourth-order valence-corrected chi connectivity index (χ4v) is 3.15. The number of rotatable bonds is 5. The summed E-state index contributed by atoms with van der Waals surface area (Å²) >= 11 is 13.6. The van der Waals surface area contributed by atoms with Crippen molar-refractivity contribution < 1.29 is 4.74 Å². The summed E-state index contributed by atoms with van der Waals surface area (Å²) in [5.74, 6) is 1.41. The highest BCUT2D eigenvalue weighted by Crippen LogP contribution is 2.25. The van der Waals surface area contributed by atoms with Crippen LogP contribution in [0.1, 0.15) is 5.56 Å². The van der Waals surface area contributed by atoms with Crippen LogP contribution in [0.25, 0.3) is 5.65 Å². The number of nitriles is 1. The predicted molar refractivity (Wildman–Crippen MR) is 90.4 cm³/mol. The van der Waals surface area contributed by atoms with Crippen LogP contribution < -0.4 is 4.74 Å². The lowest BCUT2D eigenvalue weighted by Crippen LogP contribution is -2.01. The summed E-state index contributed by atoms with van der Waals surface area (Å²) in [5.41, 5.74) is 1.18. The Morgan fingerprint density at radius 1 is 1.22 bits per heavy atom. The molecule has 5 nitrogen and oxygen atoms in total. The van der Waals surface area contributed by atoms with Gasteiger partial charge in [-0.25, -0.2) is 0 Å². The molecule has 0 fully saturated rings. The minimum atomic E-state index is 0.464. The lowest BCUT2D eigenvalue weighted by atomic mass is 10.2. The molecule has 2 aromatic heterocycles. The van der Waals surface area contributed by atoms with E-state index >= 15 is 0 Å². The Balaban J connectivity index is 1.59. The van der Waals surface area contributed by atoms with E-state index in [4.69, 9.17) is 33.2 Å². The first-order chi connectivity index (χ1) is 11.2. The Hall–Kier alpha value is -1.94. The van der Waals surface area contributed by atoms with Crippen LogP contribution in [0, 0.1) is 11.3 Å². The number of hydrogen-bond donors (Lipinski definition) is 0. The van der Waals surface area contributed by atoms with Crippen molar-refractivity contribution in [2.75, 3.05) is 12.4 Å². The number of halogens is 2. The van der Waals surface area contributed by atoms with E-state index in [2.05, 4.69) is 16.3 Å². The van der Waals surface area contributed by atoms with Gasteiger partial charge in [-0.3, -0.25) is 4.40 Å². The number of benzene rings is 1. The van der Waals surface area contributed by atoms with Crippen molar-refractivity contribution in [3.63, 3.8) is 0 Å². The van der Waals surface area contributed by atoms with Gasteiger partial charge in [-0.1, -0.05) is 35.0 Å². The van der Waals surface area contributed by atoms with Crippen LogP contribution >= 0.6 is 35.0 Å². The zero-order valence-electron chi connectivity index (χ0n) is 11.7. The minimum absolute atomic E-state index is 0.464. The van der Waals surface area contributed by atoms with Gasteiger partial charge in [-0.05, 0) is 30.3 Å². The van der Waals surface area contributed by atoms with Gasteiger partial charge in [-0.15, -0.1) is 10.2 Å². The zero-order chi connectivity index (χ0) is 16.2. The van der Waals surface area contributed by atoms with Crippen LogP contribution in [0.5, 0.6) is 5.75 Å². The summed E-state index contributed by atoms with van der Waals surface area (Å²) in [7, 11) is 0. The van der Waals surface area contributed by atoms with Crippen LogP contribution in [-0.2, 0) is 0 Å². The molecule has 116 valence electrons. The molecule has 0 aliphatic carbocycles. The number of fused-ring (bicyclic) bond motifs is 1. The van der Waals surface area contributed by atoms with E-state index < -0.39 is 0 Å². The average Bonchev–Trinajstić information content (AvgIpc) is 2.95. The third kappa shape index (κ3) is 3.70. The van der Waals surface area contributed by atoms with Crippen LogP contribution in [-0.4, -0.2) is 27.0 Å². The highest BCUT2D eigenvalue weighted by Gasteiger charge is 2.10. The van der Waals surface area contributed by atoms with Crippen molar-refractivity contribution >= 4 is 40.6 Å². The van der Waals surface area contributed by atoms with Crippen LogP contribution in [0.2, 0.25) is 10.0 Å². The fraction of sp³-hybridized carbons (Fsp3) is 0.133. The van der Waals surface area contributed by atoms with Gasteiger partial charge >= 0.3 is 0 Å². The van der Waals surface area contributed by atoms with Gasteiger partial charge in [-0.2, -0.15) is 5.26 Å². The largest absolute Gasteiger partial charge is 0.493 e. The second kappa shape index (κ2) is 7.09. The van der Waals surface area contributed by atoms with Gasteiger partial charge < -0.3 is 4.74 Å². The van der Waals surface area contributed by atoms with Gasteiger partial charge in [0.15, 0.2) is 10.8 Å². The maximum Gasteiger partial charge on any atom is 0.195 e. The van der Waals surface area contributed by atoms with E-state index in [1.54, 1.807) is 40.9 Å². The summed E-state index contributed by atoms with van der Waals surface area (Å²) in [4.78, 5) is 0. The maximum absolute atomic E-state index is 8.75. The molecular formula is C15H10Cl2N4OS. The van der Waals surface area contributed by atoms with Crippen molar-refractivity contribution in [2.24, 2.45) is 0 Å². The monoisotopic (exact) mass is 364 g/mol. The van der Waals surface area contributed by atoms with E-state index in [9.17, 15) is 0 Å². The molecule has 0 aliphatic rings. The molecule has 0 aliphatic heterocycles. The number of thioether (sulfide) groups is 1. The Morgan fingerprint density at radius 3 is 2.74 bits per heavy atom. The summed E-state index contributed by atoms with van der Waals surface area (Å²) in [6, 6.07) is 10.7. The van der Waals surface area contributed by atoms with E-state index in [0.29, 0.717) is 38.8 Å². The smallest absolute Gasteiger partial charge is 0.195 e. The second-order valence-corrected chi connectivity index (χ2v) is 6.42. The Labute approximate surface area is 146 Å². The molecule has 0 amide bonds. The molecule has 8 heteroatoms. The van der Waals surface area contributed by atoms with Crippen LogP contribution in [0.3, 0.4) is 0 Å². The molecular weight excluding hydrogens is 355 g/mol. The minimum Gasteiger partial charge on any atom is -0.493 e. The molecule has 0 saturated carbocycles.